The van der Waals surface area contributed by atoms with Gasteiger partial charge in [-0.05, 0) is 31.6 Å². The van der Waals surface area contributed by atoms with Crippen LogP contribution in [0.3, 0.4) is 0 Å². The van der Waals surface area contributed by atoms with Crippen molar-refractivity contribution < 1.29 is 18.3 Å². The molecule has 2 atom stereocenters. The van der Waals surface area contributed by atoms with Crippen molar-refractivity contribution in [1.82, 2.24) is 14.7 Å². The fraction of sp³-hybridized carbons (Fsp3) is 0.750. The molecule has 0 N–H and O–H groups in total. The Hall–Kier alpha value is -1.66. The maximum atomic E-state index is 12.9. The Bertz CT molecular complexity index is 562. The number of alkyl halides is 2. The van der Waals surface area contributed by atoms with Gasteiger partial charge in [0.15, 0.2) is 5.69 Å². The van der Waals surface area contributed by atoms with E-state index in [1.807, 2.05) is 4.90 Å². The van der Waals surface area contributed by atoms with Crippen molar-refractivity contribution in [2.45, 2.75) is 57.6 Å². The lowest BCUT2D eigenvalue weighted by atomic mass is 9.81. The molecule has 2 heterocycles. The van der Waals surface area contributed by atoms with Gasteiger partial charge in [-0.15, -0.1) is 0 Å². The molecular weight excluding hydrogens is 304 g/mol. The van der Waals surface area contributed by atoms with Crippen LogP contribution in [0.5, 0.6) is 5.88 Å². The molecule has 0 unspecified atom stereocenters. The summed E-state index contributed by atoms with van der Waals surface area (Å²) in [4.78, 5) is 14.8. The Morgan fingerprint density at radius 3 is 2.70 bits per heavy atom. The number of nitrogens with zero attached hydrogens (tertiary/aromatic N) is 3. The van der Waals surface area contributed by atoms with E-state index in [0.717, 1.165) is 32.2 Å². The number of carbonyl (C=O) groups excluding carboxylic acids is 1. The number of rotatable bonds is 3. The summed E-state index contributed by atoms with van der Waals surface area (Å²) < 4.78 is 30.3. The first kappa shape index (κ1) is 16.2. The number of likely N-dealkylation sites (tertiary alicyclic amines) is 1. The van der Waals surface area contributed by atoms with E-state index in [9.17, 15) is 13.6 Å². The van der Waals surface area contributed by atoms with Gasteiger partial charge in [-0.1, -0.05) is 19.3 Å². The molecule has 1 aromatic rings. The van der Waals surface area contributed by atoms with Crippen molar-refractivity contribution in [3.63, 3.8) is 0 Å². The molecule has 3 rings (SSSR count). The molecule has 7 heteroatoms. The Balaban J connectivity index is 1.80. The minimum Gasteiger partial charge on any atom is -0.417 e. The number of aryl methyl sites for hydroxylation is 1. The standard InChI is InChI=1S/C16H23F2N3O2/c1-20-14(23-16(17)18)10-12(19-20)15(22)21-9-5-4-7-11-6-2-3-8-13(11)21/h10-11,13,16H,2-9H2,1H3/t11-,13-/m1/s1. The molecule has 23 heavy (non-hydrogen) atoms. The zero-order valence-corrected chi connectivity index (χ0v) is 13.4. The number of ether oxygens (including phenoxy) is 1. The molecule has 1 aliphatic carbocycles. The van der Waals surface area contributed by atoms with Gasteiger partial charge < -0.3 is 9.64 Å². The van der Waals surface area contributed by atoms with E-state index in [2.05, 4.69) is 9.84 Å². The van der Waals surface area contributed by atoms with E-state index in [1.54, 1.807) is 0 Å². The summed E-state index contributed by atoms with van der Waals surface area (Å²) in [6.07, 6.45) is 7.90. The molecule has 1 aromatic heterocycles. The van der Waals surface area contributed by atoms with Crippen molar-refractivity contribution in [3.8, 4) is 5.88 Å². The van der Waals surface area contributed by atoms with Gasteiger partial charge in [0.05, 0.1) is 0 Å². The van der Waals surface area contributed by atoms with Crippen molar-refractivity contribution in [2.24, 2.45) is 13.0 Å². The number of aromatic nitrogens is 2. The quantitative estimate of drug-likeness (QED) is 0.856. The van der Waals surface area contributed by atoms with E-state index >= 15 is 0 Å². The molecule has 0 spiro atoms. The number of halogens is 2. The number of hydrogen-bond acceptors (Lipinski definition) is 3. The first-order valence-corrected chi connectivity index (χ1v) is 8.36. The van der Waals surface area contributed by atoms with Crippen molar-refractivity contribution >= 4 is 5.91 Å². The maximum Gasteiger partial charge on any atom is 0.388 e. The lowest BCUT2D eigenvalue weighted by Gasteiger charge is -2.37. The van der Waals surface area contributed by atoms with E-state index in [4.69, 9.17) is 0 Å². The van der Waals surface area contributed by atoms with Gasteiger partial charge in [0.1, 0.15) is 0 Å². The highest BCUT2D eigenvalue weighted by atomic mass is 19.3. The zero-order chi connectivity index (χ0) is 16.4. The molecule has 1 saturated heterocycles. The fourth-order valence-corrected chi connectivity index (χ4v) is 3.95. The monoisotopic (exact) mass is 327 g/mol. The Labute approximate surface area is 134 Å². The molecule has 0 radical (unpaired) electrons. The largest absolute Gasteiger partial charge is 0.417 e. The van der Waals surface area contributed by atoms with Gasteiger partial charge in [-0.2, -0.15) is 13.9 Å². The summed E-state index contributed by atoms with van der Waals surface area (Å²) in [6, 6.07) is 1.58. The number of fused-ring (bicyclic) bond motifs is 1. The van der Waals surface area contributed by atoms with Crippen LogP contribution in [0.2, 0.25) is 0 Å². The highest BCUT2D eigenvalue weighted by Crippen LogP contribution is 2.35. The topological polar surface area (TPSA) is 47.4 Å². The third-order valence-corrected chi connectivity index (χ3v) is 5.02. The minimum atomic E-state index is -2.92. The SMILES string of the molecule is Cn1nc(C(=O)N2CCCC[C@H]3CCCC[C@H]32)cc1OC(F)F. The van der Waals surface area contributed by atoms with Gasteiger partial charge in [-0.25, -0.2) is 4.68 Å². The van der Waals surface area contributed by atoms with Crippen LogP contribution in [-0.2, 0) is 7.05 Å². The number of amides is 1. The summed E-state index contributed by atoms with van der Waals surface area (Å²) in [5, 5.41) is 4.07. The normalized spacial score (nSPS) is 25.1. The van der Waals surface area contributed by atoms with Crippen molar-refractivity contribution in [1.29, 1.82) is 0 Å². The third kappa shape index (κ3) is 3.48. The van der Waals surface area contributed by atoms with Crippen molar-refractivity contribution in [3.05, 3.63) is 11.8 Å². The van der Waals surface area contributed by atoms with Crippen LogP contribution in [0, 0.1) is 5.92 Å². The minimum absolute atomic E-state index is 0.0848. The molecule has 1 saturated carbocycles. The smallest absolute Gasteiger partial charge is 0.388 e. The van der Waals surface area contributed by atoms with Gasteiger partial charge in [0.2, 0.25) is 5.88 Å². The lowest BCUT2D eigenvalue weighted by molar-refractivity contribution is -0.0553. The Kier molecular flexibility index (Phi) is 4.82. The fourth-order valence-electron chi connectivity index (χ4n) is 3.95. The summed E-state index contributed by atoms with van der Waals surface area (Å²) in [5.74, 6) is 0.317. The van der Waals surface area contributed by atoms with Gasteiger partial charge in [0, 0.05) is 25.7 Å². The average molecular weight is 327 g/mol. The van der Waals surface area contributed by atoms with Crippen LogP contribution in [0.1, 0.15) is 55.4 Å². The van der Waals surface area contributed by atoms with E-state index in [0.29, 0.717) is 5.92 Å². The van der Waals surface area contributed by atoms with Crippen LogP contribution in [0.15, 0.2) is 6.07 Å². The summed E-state index contributed by atoms with van der Waals surface area (Å²) in [5.41, 5.74) is 0.189. The lowest BCUT2D eigenvalue weighted by Crippen LogP contribution is -2.45. The van der Waals surface area contributed by atoms with Crippen LogP contribution in [-0.4, -0.2) is 39.8 Å². The molecule has 128 valence electrons. The summed E-state index contributed by atoms with van der Waals surface area (Å²) >= 11 is 0. The zero-order valence-electron chi connectivity index (χ0n) is 13.4. The molecule has 1 amide bonds. The second-order valence-corrected chi connectivity index (χ2v) is 6.48. The van der Waals surface area contributed by atoms with Crippen LogP contribution >= 0.6 is 0 Å². The highest BCUT2D eigenvalue weighted by Gasteiger charge is 2.35. The number of carbonyl (C=O) groups is 1. The highest BCUT2D eigenvalue weighted by molar-refractivity contribution is 5.93. The number of hydrogen-bond donors (Lipinski definition) is 0. The first-order valence-electron chi connectivity index (χ1n) is 8.36. The van der Waals surface area contributed by atoms with Crippen LogP contribution < -0.4 is 4.74 Å². The third-order valence-electron chi connectivity index (χ3n) is 5.02. The van der Waals surface area contributed by atoms with E-state index in [1.165, 1.54) is 37.1 Å². The average Bonchev–Trinajstić information content (AvgIpc) is 2.76. The molecule has 1 aliphatic heterocycles. The van der Waals surface area contributed by atoms with Gasteiger partial charge in [-0.3, -0.25) is 4.79 Å². The molecule has 0 bridgehead atoms. The predicted octanol–water partition coefficient (Wildman–Crippen LogP) is 3.21. The van der Waals surface area contributed by atoms with E-state index < -0.39 is 6.61 Å². The molecule has 2 fully saturated rings. The summed E-state index contributed by atoms with van der Waals surface area (Å²) in [6.45, 7) is -2.20. The predicted molar refractivity (Wildman–Crippen MR) is 80.5 cm³/mol. The molecular formula is C16H23F2N3O2. The van der Waals surface area contributed by atoms with E-state index in [-0.39, 0.29) is 23.5 Å². The Morgan fingerprint density at radius 1 is 1.26 bits per heavy atom. The maximum absolute atomic E-state index is 12.9. The second kappa shape index (κ2) is 6.84. The van der Waals surface area contributed by atoms with Gasteiger partial charge >= 0.3 is 6.61 Å². The molecule has 5 nitrogen and oxygen atoms in total. The first-order chi connectivity index (χ1) is 11.1. The van der Waals surface area contributed by atoms with Crippen molar-refractivity contribution in [2.75, 3.05) is 6.54 Å². The van der Waals surface area contributed by atoms with Gasteiger partial charge in [0.25, 0.3) is 5.91 Å². The van der Waals surface area contributed by atoms with Crippen LogP contribution in [0.25, 0.3) is 0 Å². The summed E-state index contributed by atoms with van der Waals surface area (Å²) in [7, 11) is 1.50. The Morgan fingerprint density at radius 2 is 1.96 bits per heavy atom. The van der Waals surface area contributed by atoms with Crippen LogP contribution in [0.4, 0.5) is 8.78 Å². The second-order valence-electron chi connectivity index (χ2n) is 6.48. The molecule has 2 aliphatic rings. The molecule has 0 aromatic carbocycles.